The van der Waals surface area contributed by atoms with Gasteiger partial charge in [-0.05, 0) is 48.1 Å². The number of allylic oxidation sites excluding steroid dienone is 8. The van der Waals surface area contributed by atoms with E-state index in [9.17, 15) is 0 Å². The topological polar surface area (TPSA) is 80.2 Å². The smallest absolute Gasteiger partial charge is 0.318 e. The molecule has 4 rings (SSSR count). The summed E-state index contributed by atoms with van der Waals surface area (Å²) in [5, 5.41) is 12.4. The molecule has 0 saturated carbocycles. The minimum absolute atomic E-state index is 0.479. The molecule has 2 aliphatic rings. The highest BCUT2D eigenvalue weighted by atomic mass is 35.5. The Kier molecular flexibility index (Phi) is 6.67. The minimum atomic E-state index is 0.479. The number of nitrogens with one attached hydrogen (secondary N) is 1. The normalized spacial score (nSPS) is 22.0. The van der Waals surface area contributed by atoms with E-state index in [0.29, 0.717) is 41.6 Å². The molecule has 2 heterocycles. The summed E-state index contributed by atoms with van der Waals surface area (Å²) in [5.41, 5.74) is 9.02. The van der Waals surface area contributed by atoms with Crippen LogP contribution in [0.25, 0.3) is 0 Å². The molecule has 1 aliphatic carbocycles. The van der Waals surface area contributed by atoms with Gasteiger partial charge in [0.15, 0.2) is 0 Å². The van der Waals surface area contributed by atoms with E-state index in [1.807, 2.05) is 18.2 Å². The van der Waals surface area contributed by atoms with Gasteiger partial charge < -0.3 is 20.4 Å². The number of aromatic nitrogens is 2. The summed E-state index contributed by atoms with van der Waals surface area (Å²) in [5.74, 6) is 1.12. The van der Waals surface area contributed by atoms with Crippen molar-refractivity contribution in [3.63, 3.8) is 0 Å². The molecule has 1 saturated heterocycles. The lowest BCUT2D eigenvalue weighted by Crippen LogP contribution is -2.34. The van der Waals surface area contributed by atoms with E-state index in [1.165, 1.54) is 5.57 Å². The molecule has 1 aliphatic heterocycles. The molecule has 1 aromatic heterocycles. The van der Waals surface area contributed by atoms with Crippen molar-refractivity contribution in [2.24, 2.45) is 5.92 Å². The number of piperidine rings is 1. The van der Waals surface area contributed by atoms with Gasteiger partial charge in [0.2, 0.25) is 5.89 Å². The molecule has 0 atom stereocenters. The zero-order chi connectivity index (χ0) is 20.8. The second kappa shape index (κ2) is 9.78. The molecule has 0 radical (unpaired) electrons. The molecule has 0 bridgehead atoms. The summed E-state index contributed by atoms with van der Waals surface area (Å²) in [7, 11) is 0. The van der Waals surface area contributed by atoms with Crippen LogP contribution in [0.1, 0.15) is 24.3 Å². The van der Waals surface area contributed by atoms with Crippen molar-refractivity contribution >= 4 is 23.3 Å². The maximum atomic E-state index is 6.03. The molecular formula is C23H26ClN5O. The first-order valence-corrected chi connectivity index (χ1v) is 10.6. The van der Waals surface area contributed by atoms with Crippen LogP contribution in [-0.2, 0) is 13.1 Å². The number of anilines is 2. The Hall–Kier alpha value is -2.83. The Morgan fingerprint density at radius 1 is 1.07 bits per heavy atom. The summed E-state index contributed by atoms with van der Waals surface area (Å²) in [6.07, 6.45) is 16.9. The van der Waals surface area contributed by atoms with Crippen molar-refractivity contribution in [2.45, 2.75) is 25.9 Å². The molecule has 7 heteroatoms. The lowest BCUT2D eigenvalue weighted by molar-refractivity contribution is 0.415. The molecule has 3 N–H and O–H groups in total. The predicted octanol–water partition coefficient (Wildman–Crippen LogP) is 4.42. The average molecular weight is 424 g/mol. The molecular weight excluding hydrogens is 398 g/mol. The third-order valence-electron chi connectivity index (χ3n) is 5.41. The fourth-order valence-corrected chi connectivity index (χ4v) is 3.93. The van der Waals surface area contributed by atoms with Crippen molar-refractivity contribution in [1.29, 1.82) is 0 Å². The van der Waals surface area contributed by atoms with Crippen molar-refractivity contribution in [3.05, 3.63) is 82.8 Å². The fraction of sp³-hybridized carbons (Fsp3) is 0.304. The largest absolute Gasteiger partial charge is 0.407 e. The Balaban J connectivity index is 1.28. The van der Waals surface area contributed by atoms with Crippen LogP contribution >= 0.6 is 11.6 Å². The number of hydrogen-bond acceptors (Lipinski definition) is 6. The van der Waals surface area contributed by atoms with Gasteiger partial charge in [0.1, 0.15) is 0 Å². The first kappa shape index (κ1) is 20.4. The van der Waals surface area contributed by atoms with Crippen LogP contribution in [0.15, 0.2) is 70.7 Å². The summed E-state index contributed by atoms with van der Waals surface area (Å²) in [6.45, 7) is 2.88. The van der Waals surface area contributed by atoms with E-state index in [-0.39, 0.29) is 0 Å². The second-order valence-corrected chi connectivity index (χ2v) is 7.92. The van der Waals surface area contributed by atoms with E-state index in [0.717, 1.165) is 31.5 Å². The Labute approximate surface area is 181 Å². The Morgan fingerprint density at radius 2 is 1.87 bits per heavy atom. The highest BCUT2D eigenvalue weighted by molar-refractivity contribution is 6.30. The van der Waals surface area contributed by atoms with Gasteiger partial charge in [-0.15, -0.1) is 5.10 Å². The van der Waals surface area contributed by atoms with Gasteiger partial charge in [-0.2, -0.15) is 0 Å². The summed E-state index contributed by atoms with van der Waals surface area (Å²) < 4.78 is 5.87. The number of rotatable bonds is 6. The van der Waals surface area contributed by atoms with Crippen molar-refractivity contribution < 1.29 is 4.42 Å². The predicted molar refractivity (Wildman–Crippen MR) is 121 cm³/mol. The highest BCUT2D eigenvalue weighted by Gasteiger charge is 2.24. The molecule has 0 unspecified atom stereocenters. The number of nitrogens with zero attached hydrogens (tertiary/aromatic N) is 3. The molecule has 156 valence electrons. The molecule has 0 amide bonds. The zero-order valence-electron chi connectivity index (χ0n) is 16.8. The van der Waals surface area contributed by atoms with Gasteiger partial charge in [0.05, 0.1) is 6.54 Å². The number of benzene rings is 1. The molecule has 1 fully saturated rings. The molecule has 0 spiro atoms. The van der Waals surface area contributed by atoms with Crippen molar-refractivity contribution in [1.82, 2.24) is 15.5 Å². The fourth-order valence-electron chi connectivity index (χ4n) is 3.73. The Morgan fingerprint density at radius 3 is 2.73 bits per heavy atom. The van der Waals surface area contributed by atoms with E-state index < -0.39 is 0 Å². The van der Waals surface area contributed by atoms with Crippen LogP contribution in [0, 0.1) is 5.92 Å². The van der Waals surface area contributed by atoms with Gasteiger partial charge in [-0.3, -0.25) is 0 Å². The first-order chi connectivity index (χ1) is 14.7. The maximum Gasteiger partial charge on any atom is 0.318 e. The molecule has 2 aromatic rings. The van der Waals surface area contributed by atoms with Gasteiger partial charge in [-0.25, -0.2) is 0 Å². The van der Waals surface area contributed by atoms with Gasteiger partial charge >= 0.3 is 6.01 Å². The zero-order valence-corrected chi connectivity index (χ0v) is 17.6. The van der Waals surface area contributed by atoms with E-state index in [4.69, 9.17) is 21.8 Å². The number of nitrogen functional groups attached to an aromatic ring is 1. The average Bonchev–Trinajstić information content (AvgIpc) is 3.20. The third-order valence-corrected chi connectivity index (χ3v) is 5.65. The second-order valence-electron chi connectivity index (χ2n) is 7.48. The number of nitrogens with two attached hydrogens (primary N) is 1. The summed E-state index contributed by atoms with van der Waals surface area (Å²) in [4.78, 5) is 2.17. The van der Waals surface area contributed by atoms with Crippen LogP contribution in [0.5, 0.6) is 0 Å². The maximum absolute atomic E-state index is 6.03. The molecule has 6 nitrogen and oxygen atoms in total. The van der Waals surface area contributed by atoms with Crippen molar-refractivity contribution in [3.8, 4) is 0 Å². The Bertz CT molecular complexity index is 983. The van der Waals surface area contributed by atoms with Crippen LogP contribution in [0.3, 0.4) is 0 Å². The van der Waals surface area contributed by atoms with Crippen LogP contribution < -0.4 is 16.0 Å². The summed E-state index contributed by atoms with van der Waals surface area (Å²) in [6, 6.07) is 6.05. The highest BCUT2D eigenvalue weighted by Crippen LogP contribution is 2.28. The van der Waals surface area contributed by atoms with Crippen LogP contribution in [-0.4, -0.2) is 23.3 Å². The lowest BCUT2D eigenvalue weighted by atomic mass is 9.88. The van der Waals surface area contributed by atoms with E-state index in [2.05, 4.69) is 56.9 Å². The standard InChI is InChI=1S/C23H26ClN5O/c24-20-8-9-21(25)19(14-20)15-26-16-22-27-28-23(30-22)29-12-10-18(11-13-29)17-6-4-2-1-3-5-7-17/h1-9,14,18,26H,10-13,15-16,25H2/b2-1-,3-1?,4-2?,5-3-,6-4-,7-5?,17-6?,17-7+. The van der Waals surface area contributed by atoms with E-state index in [1.54, 1.807) is 6.07 Å². The number of hydrogen-bond donors (Lipinski definition) is 2. The van der Waals surface area contributed by atoms with Crippen LogP contribution in [0.4, 0.5) is 11.7 Å². The van der Waals surface area contributed by atoms with Gasteiger partial charge in [-0.1, -0.05) is 59.2 Å². The molecule has 1 aromatic carbocycles. The van der Waals surface area contributed by atoms with Gasteiger partial charge in [0.25, 0.3) is 0 Å². The molecule has 30 heavy (non-hydrogen) atoms. The monoisotopic (exact) mass is 423 g/mol. The quantitative estimate of drug-likeness (QED) is 0.669. The summed E-state index contributed by atoms with van der Waals surface area (Å²) >= 11 is 6.03. The third kappa shape index (κ3) is 5.20. The first-order valence-electron chi connectivity index (χ1n) is 10.2. The van der Waals surface area contributed by atoms with E-state index >= 15 is 0 Å². The van der Waals surface area contributed by atoms with Crippen LogP contribution in [0.2, 0.25) is 5.02 Å². The SMILES string of the molecule is Nc1ccc(Cl)cc1CNCc1nnc(N2CCC(C3=C/C=C\C=C/C=C\3)CC2)o1. The number of halogens is 1. The van der Waals surface area contributed by atoms with Gasteiger partial charge in [0, 0.05) is 30.3 Å². The lowest BCUT2D eigenvalue weighted by Gasteiger charge is -2.31. The minimum Gasteiger partial charge on any atom is -0.407 e. The van der Waals surface area contributed by atoms with Crippen molar-refractivity contribution in [2.75, 3.05) is 23.7 Å².